The highest BCUT2D eigenvalue weighted by Crippen LogP contribution is 2.29. The molecule has 0 radical (unpaired) electrons. The monoisotopic (exact) mass is 304 g/mol. The predicted molar refractivity (Wildman–Crippen MR) is 67.0 cm³/mol. The molecule has 2 aromatic rings. The van der Waals surface area contributed by atoms with Crippen molar-refractivity contribution in [2.45, 2.75) is 19.6 Å². The van der Waals surface area contributed by atoms with Gasteiger partial charge in [0.15, 0.2) is 0 Å². The number of halogens is 3. The van der Waals surface area contributed by atoms with Gasteiger partial charge in [0.25, 0.3) is 5.91 Å². The van der Waals surface area contributed by atoms with Gasteiger partial charge in [-0.1, -0.05) is 0 Å². The molecule has 2 rings (SSSR count). The van der Waals surface area contributed by atoms with E-state index in [4.69, 9.17) is 5.84 Å². The number of hydrogen-bond acceptors (Lipinski definition) is 4. The van der Waals surface area contributed by atoms with Gasteiger partial charge >= 0.3 is 6.18 Å². The largest absolute Gasteiger partial charge is 0.419 e. The second-order valence-corrected chi connectivity index (χ2v) is 5.35. The molecule has 0 bridgehead atoms. The van der Waals surface area contributed by atoms with Gasteiger partial charge in [0.2, 0.25) is 0 Å². The number of carbonyl (C=O) groups is 1. The van der Waals surface area contributed by atoms with Gasteiger partial charge in [-0.15, -0.1) is 11.3 Å². The summed E-state index contributed by atoms with van der Waals surface area (Å²) >= 11 is 1.22. The number of amides is 1. The normalized spacial score (nSPS) is 11.7. The van der Waals surface area contributed by atoms with Crippen molar-refractivity contribution in [2.24, 2.45) is 5.84 Å². The minimum atomic E-state index is -4.41. The van der Waals surface area contributed by atoms with Gasteiger partial charge in [-0.25, -0.2) is 5.84 Å². The van der Waals surface area contributed by atoms with Crippen LogP contribution in [0.15, 0.2) is 18.5 Å². The Hall–Kier alpha value is -1.87. The molecule has 0 fully saturated rings. The van der Waals surface area contributed by atoms with Crippen molar-refractivity contribution in [3.8, 4) is 0 Å². The average Bonchev–Trinajstić information content (AvgIpc) is 2.96. The number of aryl methyl sites for hydroxylation is 1. The molecule has 0 saturated carbocycles. The predicted octanol–water partition coefficient (Wildman–Crippen LogP) is 1.92. The average molecular weight is 304 g/mol. The van der Waals surface area contributed by atoms with E-state index in [-0.39, 0.29) is 6.54 Å². The maximum Gasteiger partial charge on any atom is 0.419 e. The van der Waals surface area contributed by atoms with Gasteiger partial charge in [-0.2, -0.15) is 18.3 Å². The van der Waals surface area contributed by atoms with Crippen LogP contribution in [0.4, 0.5) is 13.2 Å². The van der Waals surface area contributed by atoms with E-state index in [9.17, 15) is 18.0 Å². The molecule has 0 unspecified atom stereocenters. The number of hydrogen-bond donors (Lipinski definition) is 2. The molecule has 0 aliphatic carbocycles. The Kier molecular flexibility index (Phi) is 3.82. The Balaban J connectivity index is 2.20. The first-order valence-electron chi connectivity index (χ1n) is 5.51. The molecule has 20 heavy (non-hydrogen) atoms. The summed E-state index contributed by atoms with van der Waals surface area (Å²) in [6, 6.07) is 1.59. The molecule has 2 aromatic heterocycles. The van der Waals surface area contributed by atoms with E-state index in [1.165, 1.54) is 16.0 Å². The summed E-state index contributed by atoms with van der Waals surface area (Å²) < 4.78 is 38.6. The number of hydrazine groups is 1. The fraction of sp³-hybridized carbons (Fsp3) is 0.273. The van der Waals surface area contributed by atoms with E-state index >= 15 is 0 Å². The number of nitrogen functional groups attached to an aromatic ring is 1. The highest BCUT2D eigenvalue weighted by molar-refractivity contribution is 7.14. The zero-order chi connectivity index (χ0) is 14.9. The summed E-state index contributed by atoms with van der Waals surface area (Å²) in [6.45, 7) is 1.94. The lowest BCUT2D eigenvalue weighted by atomic mass is 10.2. The molecule has 0 saturated heterocycles. The third kappa shape index (κ3) is 2.99. The van der Waals surface area contributed by atoms with E-state index < -0.39 is 17.6 Å². The molecule has 5 nitrogen and oxygen atoms in total. The van der Waals surface area contributed by atoms with Crippen LogP contribution < -0.4 is 11.3 Å². The SMILES string of the molecule is Cc1sc(C(=O)NN)cc1Cn1cc(C(F)(F)F)cn1. The number of nitrogens with one attached hydrogen (secondary N) is 1. The molecule has 0 aliphatic rings. The quantitative estimate of drug-likeness (QED) is 0.517. The lowest BCUT2D eigenvalue weighted by Crippen LogP contribution is -2.29. The Labute approximate surface area is 116 Å². The molecule has 1 amide bonds. The molecule has 9 heteroatoms. The third-order valence-corrected chi connectivity index (χ3v) is 3.76. The van der Waals surface area contributed by atoms with Crippen LogP contribution in [0.1, 0.15) is 25.7 Å². The van der Waals surface area contributed by atoms with Crippen LogP contribution in [0.25, 0.3) is 0 Å². The van der Waals surface area contributed by atoms with Crippen LogP contribution in [0.3, 0.4) is 0 Å². The fourth-order valence-electron chi connectivity index (χ4n) is 1.63. The molecule has 108 valence electrons. The topological polar surface area (TPSA) is 72.9 Å². The standard InChI is InChI=1S/C11H11F3N4OS/c1-6-7(2-9(20-6)10(19)17-15)4-18-5-8(3-16-18)11(12,13)14/h2-3,5H,4,15H2,1H3,(H,17,19). The number of nitrogens with zero attached hydrogens (tertiary/aromatic N) is 2. The molecular weight excluding hydrogens is 293 g/mol. The van der Waals surface area contributed by atoms with Crippen molar-refractivity contribution in [1.29, 1.82) is 0 Å². The molecule has 0 atom stereocenters. The molecular formula is C11H11F3N4OS. The number of carbonyl (C=O) groups excluding carboxylic acids is 1. The van der Waals surface area contributed by atoms with Gasteiger partial charge in [0.1, 0.15) is 0 Å². The highest BCUT2D eigenvalue weighted by atomic mass is 32.1. The lowest BCUT2D eigenvalue weighted by molar-refractivity contribution is -0.137. The van der Waals surface area contributed by atoms with Crippen LogP contribution in [-0.4, -0.2) is 15.7 Å². The van der Waals surface area contributed by atoms with Crippen molar-refractivity contribution in [3.63, 3.8) is 0 Å². The van der Waals surface area contributed by atoms with Crippen molar-refractivity contribution in [3.05, 3.63) is 39.3 Å². The Morgan fingerprint density at radius 2 is 2.25 bits per heavy atom. The van der Waals surface area contributed by atoms with Crippen LogP contribution in [0, 0.1) is 6.92 Å². The summed E-state index contributed by atoms with van der Waals surface area (Å²) in [4.78, 5) is 12.6. The van der Waals surface area contributed by atoms with Crippen molar-refractivity contribution < 1.29 is 18.0 Å². The lowest BCUT2D eigenvalue weighted by Gasteiger charge is -2.02. The van der Waals surface area contributed by atoms with E-state index in [2.05, 4.69) is 5.10 Å². The molecule has 3 N–H and O–H groups in total. The van der Waals surface area contributed by atoms with Crippen LogP contribution in [-0.2, 0) is 12.7 Å². The molecule has 0 aromatic carbocycles. The van der Waals surface area contributed by atoms with E-state index in [1.54, 1.807) is 13.0 Å². The minimum absolute atomic E-state index is 0.163. The van der Waals surface area contributed by atoms with Gasteiger partial charge in [-0.3, -0.25) is 14.9 Å². The first-order chi connectivity index (χ1) is 9.31. The van der Waals surface area contributed by atoms with Gasteiger partial charge in [0, 0.05) is 11.1 Å². The number of alkyl halides is 3. The maximum atomic E-state index is 12.5. The first kappa shape index (κ1) is 14.5. The molecule has 0 spiro atoms. The van der Waals surface area contributed by atoms with Crippen LogP contribution in [0.2, 0.25) is 0 Å². The fourth-order valence-corrected chi connectivity index (χ4v) is 2.57. The van der Waals surface area contributed by atoms with Crippen LogP contribution in [0.5, 0.6) is 0 Å². The Bertz CT molecular complexity index is 632. The molecule has 2 heterocycles. The van der Waals surface area contributed by atoms with Gasteiger partial charge in [0.05, 0.1) is 23.2 Å². The summed E-state index contributed by atoms with van der Waals surface area (Å²) in [7, 11) is 0. The second kappa shape index (κ2) is 5.25. The number of thiophene rings is 1. The minimum Gasteiger partial charge on any atom is -0.289 e. The number of nitrogens with two attached hydrogens (primary N) is 1. The van der Waals surface area contributed by atoms with E-state index in [0.29, 0.717) is 4.88 Å². The number of aromatic nitrogens is 2. The Morgan fingerprint density at radius 1 is 1.55 bits per heavy atom. The number of rotatable bonds is 3. The van der Waals surface area contributed by atoms with Gasteiger partial charge < -0.3 is 0 Å². The highest BCUT2D eigenvalue weighted by Gasteiger charge is 2.32. The summed E-state index contributed by atoms with van der Waals surface area (Å²) in [5, 5.41) is 3.67. The van der Waals surface area contributed by atoms with Crippen molar-refractivity contribution >= 4 is 17.2 Å². The van der Waals surface area contributed by atoms with Crippen molar-refractivity contribution in [1.82, 2.24) is 15.2 Å². The van der Waals surface area contributed by atoms with E-state index in [1.807, 2.05) is 5.43 Å². The molecule has 0 aliphatic heterocycles. The Morgan fingerprint density at radius 3 is 2.80 bits per heavy atom. The zero-order valence-corrected chi connectivity index (χ0v) is 11.2. The summed E-state index contributed by atoms with van der Waals surface area (Å²) in [5.41, 5.74) is 1.94. The first-order valence-corrected chi connectivity index (χ1v) is 6.33. The van der Waals surface area contributed by atoms with Crippen LogP contribution >= 0.6 is 11.3 Å². The smallest absolute Gasteiger partial charge is 0.289 e. The zero-order valence-electron chi connectivity index (χ0n) is 10.4. The second-order valence-electron chi connectivity index (χ2n) is 4.09. The van der Waals surface area contributed by atoms with Gasteiger partial charge in [-0.05, 0) is 18.6 Å². The third-order valence-electron chi connectivity index (χ3n) is 2.67. The maximum absolute atomic E-state index is 12.5. The summed E-state index contributed by atoms with van der Waals surface area (Å²) in [5.74, 6) is 4.60. The van der Waals surface area contributed by atoms with E-state index in [0.717, 1.165) is 22.8 Å². The van der Waals surface area contributed by atoms with Crippen molar-refractivity contribution in [2.75, 3.05) is 0 Å². The summed E-state index contributed by atoms with van der Waals surface area (Å²) in [6.07, 6.45) is -2.71.